The van der Waals surface area contributed by atoms with Crippen LogP contribution in [0.3, 0.4) is 0 Å². The van der Waals surface area contributed by atoms with E-state index in [4.69, 9.17) is 4.74 Å². The van der Waals surface area contributed by atoms with E-state index < -0.39 is 5.41 Å². The van der Waals surface area contributed by atoms with Crippen LogP contribution >= 0.6 is 0 Å². The maximum Gasteiger partial charge on any atom is 0.308 e. The van der Waals surface area contributed by atoms with Crippen molar-refractivity contribution in [2.45, 2.75) is 60.3 Å². The van der Waals surface area contributed by atoms with E-state index in [2.05, 4.69) is 5.32 Å². The van der Waals surface area contributed by atoms with Gasteiger partial charge in [0.15, 0.2) is 0 Å². The molecule has 1 N–H and O–H groups in total. The van der Waals surface area contributed by atoms with Gasteiger partial charge in [0.1, 0.15) is 5.78 Å². The smallest absolute Gasteiger partial charge is 0.308 e. The summed E-state index contributed by atoms with van der Waals surface area (Å²) in [5.41, 5.74) is 1.23. The molecule has 0 atom stereocenters. The third kappa shape index (κ3) is 7.38. The van der Waals surface area contributed by atoms with E-state index >= 15 is 0 Å². The molecule has 0 fully saturated rings. The minimum Gasteiger partial charge on any atom is -0.465 e. The summed E-state index contributed by atoms with van der Waals surface area (Å²) in [7, 11) is 0. The zero-order valence-corrected chi connectivity index (χ0v) is 16.6. The number of rotatable bonds is 10. The number of carbonyl (C=O) groups excluding carboxylic acids is 3. The van der Waals surface area contributed by atoms with Crippen LogP contribution in [0.15, 0.2) is 24.3 Å². The molecule has 1 rings (SSSR count). The standard InChI is InChI=1S/C21H31NO4/c1-6-21(4,5)20(25)22-17-11-9-16(10-12-17)14-18(23)8-7-13-26-19(24)15(2)3/h9-12,15H,6-8,13-14H2,1-5H3,(H,22,25). The number of amides is 1. The van der Waals surface area contributed by atoms with Crippen LogP contribution in [-0.2, 0) is 25.5 Å². The van der Waals surface area contributed by atoms with E-state index in [1.165, 1.54) is 0 Å². The van der Waals surface area contributed by atoms with Crippen LogP contribution < -0.4 is 5.32 Å². The van der Waals surface area contributed by atoms with Crippen LogP contribution in [0, 0.1) is 11.3 Å². The molecule has 0 bridgehead atoms. The summed E-state index contributed by atoms with van der Waals surface area (Å²) in [5, 5.41) is 2.90. The van der Waals surface area contributed by atoms with Crippen molar-refractivity contribution in [3.8, 4) is 0 Å². The highest BCUT2D eigenvalue weighted by Gasteiger charge is 2.25. The molecule has 0 spiro atoms. The molecule has 0 aliphatic carbocycles. The van der Waals surface area contributed by atoms with Gasteiger partial charge < -0.3 is 10.1 Å². The van der Waals surface area contributed by atoms with Crippen LogP contribution in [0.2, 0.25) is 0 Å². The van der Waals surface area contributed by atoms with Crippen molar-refractivity contribution in [1.29, 1.82) is 0 Å². The van der Waals surface area contributed by atoms with Gasteiger partial charge in [-0.3, -0.25) is 14.4 Å². The topological polar surface area (TPSA) is 72.5 Å². The second-order valence-electron chi connectivity index (χ2n) is 7.53. The Morgan fingerprint density at radius 3 is 2.27 bits per heavy atom. The van der Waals surface area contributed by atoms with E-state index in [1.807, 2.05) is 45.0 Å². The summed E-state index contributed by atoms with van der Waals surface area (Å²) in [5.74, 6) is -0.289. The zero-order valence-electron chi connectivity index (χ0n) is 16.6. The maximum atomic E-state index is 12.2. The fourth-order valence-electron chi connectivity index (χ4n) is 2.09. The molecule has 0 saturated carbocycles. The van der Waals surface area contributed by atoms with Crippen LogP contribution in [-0.4, -0.2) is 24.3 Å². The first kappa shape index (κ1) is 21.9. The summed E-state index contributed by atoms with van der Waals surface area (Å²) >= 11 is 0. The summed E-state index contributed by atoms with van der Waals surface area (Å²) in [6.07, 6.45) is 2.02. The molecule has 26 heavy (non-hydrogen) atoms. The highest BCUT2D eigenvalue weighted by Crippen LogP contribution is 2.22. The largest absolute Gasteiger partial charge is 0.465 e. The Labute approximate surface area is 156 Å². The number of anilines is 1. The first-order valence-corrected chi connectivity index (χ1v) is 9.24. The molecule has 1 aromatic rings. The number of benzene rings is 1. The summed E-state index contributed by atoms with van der Waals surface area (Å²) in [6, 6.07) is 7.34. The number of Topliss-reactive ketones (excluding diaryl/α,β-unsaturated/α-hetero) is 1. The van der Waals surface area contributed by atoms with E-state index in [0.29, 0.717) is 19.3 Å². The molecule has 0 saturated heterocycles. The predicted molar refractivity (Wildman–Crippen MR) is 103 cm³/mol. The fraction of sp³-hybridized carbons (Fsp3) is 0.571. The van der Waals surface area contributed by atoms with Crippen molar-refractivity contribution < 1.29 is 19.1 Å². The number of ketones is 1. The van der Waals surface area contributed by atoms with Gasteiger partial charge in [-0.05, 0) is 30.5 Å². The Kier molecular flexibility index (Phi) is 8.49. The van der Waals surface area contributed by atoms with Crippen LogP contribution in [0.25, 0.3) is 0 Å². The Balaban J connectivity index is 2.41. The van der Waals surface area contributed by atoms with Crippen molar-refractivity contribution in [3.63, 3.8) is 0 Å². The second-order valence-corrected chi connectivity index (χ2v) is 7.53. The molecular formula is C21H31NO4. The van der Waals surface area contributed by atoms with Crippen LogP contribution in [0.4, 0.5) is 5.69 Å². The van der Waals surface area contributed by atoms with Gasteiger partial charge in [0.25, 0.3) is 0 Å². The van der Waals surface area contributed by atoms with E-state index in [0.717, 1.165) is 17.7 Å². The number of ether oxygens (including phenoxy) is 1. The quantitative estimate of drug-likeness (QED) is 0.502. The number of esters is 1. The van der Waals surface area contributed by atoms with Gasteiger partial charge in [0, 0.05) is 23.9 Å². The average Bonchev–Trinajstić information content (AvgIpc) is 2.60. The first-order valence-electron chi connectivity index (χ1n) is 9.24. The number of hydrogen-bond donors (Lipinski definition) is 1. The predicted octanol–water partition coefficient (Wildman–Crippen LogP) is 4.15. The lowest BCUT2D eigenvalue weighted by Gasteiger charge is -2.21. The first-order chi connectivity index (χ1) is 12.2. The molecule has 0 aliphatic heterocycles. The van der Waals surface area contributed by atoms with E-state index in [1.54, 1.807) is 13.8 Å². The van der Waals surface area contributed by atoms with Crippen molar-refractivity contribution >= 4 is 23.3 Å². The minimum atomic E-state index is -0.409. The highest BCUT2D eigenvalue weighted by atomic mass is 16.5. The van der Waals surface area contributed by atoms with Crippen molar-refractivity contribution in [2.75, 3.05) is 11.9 Å². The minimum absolute atomic E-state index is 0.0141. The van der Waals surface area contributed by atoms with Gasteiger partial charge in [-0.15, -0.1) is 0 Å². The molecule has 5 nitrogen and oxygen atoms in total. The molecular weight excluding hydrogens is 330 g/mol. The van der Waals surface area contributed by atoms with E-state index in [-0.39, 0.29) is 30.2 Å². The lowest BCUT2D eigenvalue weighted by molar-refractivity contribution is -0.147. The van der Waals surface area contributed by atoms with Gasteiger partial charge >= 0.3 is 5.97 Å². The van der Waals surface area contributed by atoms with Gasteiger partial charge in [0.2, 0.25) is 5.91 Å². The molecule has 0 aromatic heterocycles. The Morgan fingerprint density at radius 1 is 1.12 bits per heavy atom. The molecule has 0 radical (unpaired) electrons. The number of carbonyl (C=O) groups is 3. The summed E-state index contributed by atoms with van der Waals surface area (Å²) in [4.78, 5) is 35.5. The maximum absolute atomic E-state index is 12.2. The molecule has 0 aliphatic rings. The van der Waals surface area contributed by atoms with Gasteiger partial charge in [-0.1, -0.05) is 46.8 Å². The monoisotopic (exact) mass is 361 g/mol. The SMILES string of the molecule is CCC(C)(C)C(=O)Nc1ccc(CC(=O)CCCOC(=O)C(C)C)cc1. The van der Waals surface area contributed by atoms with E-state index in [9.17, 15) is 14.4 Å². The third-order valence-electron chi connectivity index (χ3n) is 4.43. The molecule has 144 valence electrons. The Hall–Kier alpha value is -2.17. The molecule has 1 aromatic carbocycles. The summed E-state index contributed by atoms with van der Waals surface area (Å²) < 4.78 is 5.06. The van der Waals surface area contributed by atoms with Gasteiger partial charge in [0.05, 0.1) is 12.5 Å². The van der Waals surface area contributed by atoms with Gasteiger partial charge in [-0.25, -0.2) is 0 Å². The van der Waals surface area contributed by atoms with Crippen molar-refractivity contribution in [1.82, 2.24) is 0 Å². The molecule has 0 heterocycles. The normalized spacial score (nSPS) is 11.3. The van der Waals surface area contributed by atoms with Crippen LogP contribution in [0.1, 0.15) is 59.4 Å². The van der Waals surface area contributed by atoms with Gasteiger partial charge in [-0.2, -0.15) is 0 Å². The highest BCUT2D eigenvalue weighted by molar-refractivity contribution is 5.94. The summed E-state index contributed by atoms with van der Waals surface area (Å²) in [6.45, 7) is 9.65. The Bertz CT molecular complexity index is 617. The Morgan fingerprint density at radius 2 is 1.73 bits per heavy atom. The van der Waals surface area contributed by atoms with Crippen molar-refractivity contribution in [2.24, 2.45) is 11.3 Å². The fourth-order valence-corrected chi connectivity index (χ4v) is 2.09. The molecule has 1 amide bonds. The average molecular weight is 361 g/mol. The molecule has 5 heteroatoms. The van der Waals surface area contributed by atoms with Crippen LogP contribution in [0.5, 0.6) is 0 Å². The third-order valence-corrected chi connectivity index (χ3v) is 4.43. The van der Waals surface area contributed by atoms with Crippen molar-refractivity contribution in [3.05, 3.63) is 29.8 Å². The lowest BCUT2D eigenvalue weighted by atomic mass is 9.89. The lowest BCUT2D eigenvalue weighted by Crippen LogP contribution is -2.29. The second kappa shape index (κ2) is 10.1. The molecule has 0 unspecified atom stereocenters. The zero-order chi connectivity index (χ0) is 19.7. The number of nitrogens with one attached hydrogen (secondary N) is 1. The number of hydrogen-bond acceptors (Lipinski definition) is 4.